The zero-order chi connectivity index (χ0) is 11.4. The van der Waals surface area contributed by atoms with Crippen molar-refractivity contribution in [2.24, 2.45) is 0 Å². The largest absolute Gasteiger partial charge is 0.380 e. The first-order valence-corrected chi connectivity index (χ1v) is 5.53. The van der Waals surface area contributed by atoms with Gasteiger partial charge in [-0.3, -0.25) is 4.79 Å². The number of hydrogen-bond donors (Lipinski definition) is 1. The molecule has 2 rings (SSSR count). The van der Waals surface area contributed by atoms with Crippen LogP contribution in [-0.4, -0.2) is 39.9 Å². The van der Waals surface area contributed by atoms with Crippen LogP contribution < -0.4 is 5.32 Å². The number of amides is 1. The highest BCUT2D eigenvalue weighted by atomic mass is 16.2. The van der Waals surface area contributed by atoms with Gasteiger partial charge in [-0.2, -0.15) is 0 Å². The molecule has 1 aliphatic rings. The predicted molar refractivity (Wildman–Crippen MR) is 60.9 cm³/mol. The van der Waals surface area contributed by atoms with E-state index in [9.17, 15) is 4.79 Å². The van der Waals surface area contributed by atoms with E-state index >= 15 is 0 Å². The van der Waals surface area contributed by atoms with E-state index in [1.165, 1.54) is 6.33 Å². The fourth-order valence-corrected chi connectivity index (χ4v) is 1.95. The van der Waals surface area contributed by atoms with Crippen molar-refractivity contribution in [1.29, 1.82) is 0 Å². The highest BCUT2D eigenvalue weighted by molar-refractivity contribution is 5.73. The van der Waals surface area contributed by atoms with Crippen LogP contribution in [0.4, 0.5) is 5.69 Å². The van der Waals surface area contributed by atoms with Crippen molar-refractivity contribution in [2.75, 3.05) is 18.4 Å². The first kappa shape index (κ1) is 10.9. The summed E-state index contributed by atoms with van der Waals surface area (Å²) in [6.07, 6.45) is 7.02. The van der Waals surface area contributed by atoms with Gasteiger partial charge in [0, 0.05) is 26.1 Å². The van der Waals surface area contributed by atoms with Gasteiger partial charge in [-0.15, -0.1) is 0 Å². The molecule has 86 valence electrons. The Morgan fingerprint density at radius 2 is 2.00 bits per heavy atom. The molecule has 0 bridgehead atoms. The normalized spacial score (nSPS) is 17.2. The van der Waals surface area contributed by atoms with Gasteiger partial charge in [-0.05, 0) is 12.8 Å². The molecular weight excluding hydrogens is 204 g/mol. The molecule has 1 saturated heterocycles. The fourth-order valence-electron chi connectivity index (χ4n) is 1.95. The van der Waals surface area contributed by atoms with Gasteiger partial charge < -0.3 is 10.2 Å². The highest BCUT2D eigenvalue weighted by Crippen LogP contribution is 2.15. The Morgan fingerprint density at radius 1 is 1.38 bits per heavy atom. The van der Waals surface area contributed by atoms with E-state index in [2.05, 4.69) is 15.3 Å². The van der Waals surface area contributed by atoms with Gasteiger partial charge in [-0.25, -0.2) is 9.97 Å². The smallest absolute Gasteiger partial charge is 0.219 e. The molecule has 1 aliphatic heterocycles. The van der Waals surface area contributed by atoms with Crippen LogP contribution in [0.15, 0.2) is 18.7 Å². The Morgan fingerprint density at radius 3 is 2.56 bits per heavy atom. The van der Waals surface area contributed by atoms with E-state index in [0.717, 1.165) is 31.6 Å². The molecule has 0 atom stereocenters. The maximum Gasteiger partial charge on any atom is 0.219 e. The number of carbonyl (C=O) groups excluding carboxylic acids is 1. The molecule has 5 nitrogen and oxygen atoms in total. The molecule has 0 aliphatic carbocycles. The van der Waals surface area contributed by atoms with Crippen LogP contribution >= 0.6 is 0 Å². The third-order valence-corrected chi connectivity index (χ3v) is 2.87. The van der Waals surface area contributed by atoms with Crippen molar-refractivity contribution in [3.05, 3.63) is 18.7 Å². The molecular formula is C11H16N4O. The number of piperidine rings is 1. The average Bonchev–Trinajstić information content (AvgIpc) is 2.31. The monoisotopic (exact) mass is 220 g/mol. The number of nitrogens with zero attached hydrogens (tertiary/aromatic N) is 3. The van der Waals surface area contributed by atoms with Gasteiger partial charge in [0.05, 0.1) is 18.1 Å². The number of carbonyl (C=O) groups is 1. The van der Waals surface area contributed by atoms with Gasteiger partial charge in [0.25, 0.3) is 0 Å². The summed E-state index contributed by atoms with van der Waals surface area (Å²) in [5, 5.41) is 3.38. The molecule has 0 unspecified atom stereocenters. The minimum Gasteiger partial charge on any atom is -0.380 e. The average molecular weight is 220 g/mol. The molecule has 1 aromatic rings. The van der Waals surface area contributed by atoms with Crippen LogP contribution in [0.25, 0.3) is 0 Å². The summed E-state index contributed by atoms with van der Waals surface area (Å²) in [4.78, 5) is 20.9. The molecule has 0 spiro atoms. The maximum absolute atomic E-state index is 11.1. The SMILES string of the molecule is CC(=O)N1CCC(Nc2cncnc2)CC1. The molecule has 1 fully saturated rings. The summed E-state index contributed by atoms with van der Waals surface area (Å²) in [5.74, 6) is 0.168. The summed E-state index contributed by atoms with van der Waals surface area (Å²) < 4.78 is 0. The summed E-state index contributed by atoms with van der Waals surface area (Å²) in [6, 6.07) is 0.418. The van der Waals surface area contributed by atoms with Gasteiger partial charge in [0.1, 0.15) is 6.33 Å². The zero-order valence-corrected chi connectivity index (χ0v) is 9.39. The van der Waals surface area contributed by atoms with E-state index in [1.807, 2.05) is 4.90 Å². The molecule has 1 aromatic heterocycles. The van der Waals surface area contributed by atoms with Crippen LogP contribution in [0.1, 0.15) is 19.8 Å². The van der Waals surface area contributed by atoms with Crippen molar-refractivity contribution in [1.82, 2.24) is 14.9 Å². The van der Waals surface area contributed by atoms with Crippen molar-refractivity contribution in [3.63, 3.8) is 0 Å². The third-order valence-electron chi connectivity index (χ3n) is 2.87. The topological polar surface area (TPSA) is 58.1 Å². The van der Waals surface area contributed by atoms with E-state index in [0.29, 0.717) is 6.04 Å². The van der Waals surface area contributed by atoms with Gasteiger partial charge in [0.2, 0.25) is 5.91 Å². The molecule has 0 radical (unpaired) electrons. The van der Waals surface area contributed by atoms with Gasteiger partial charge in [0.15, 0.2) is 0 Å². The summed E-state index contributed by atoms with van der Waals surface area (Å²) in [7, 11) is 0. The Balaban J connectivity index is 1.84. The summed E-state index contributed by atoms with van der Waals surface area (Å²) >= 11 is 0. The molecule has 5 heteroatoms. The van der Waals surface area contributed by atoms with Crippen LogP contribution in [0.5, 0.6) is 0 Å². The lowest BCUT2D eigenvalue weighted by atomic mass is 10.0. The molecule has 1 amide bonds. The van der Waals surface area contributed by atoms with Crippen LogP contribution in [0.3, 0.4) is 0 Å². The fraction of sp³-hybridized carbons (Fsp3) is 0.545. The predicted octanol–water partition coefficient (Wildman–Crippen LogP) is 0.899. The Kier molecular flexibility index (Phi) is 3.34. The molecule has 16 heavy (non-hydrogen) atoms. The number of nitrogens with one attached hydrogen (secondary N) is 1. The molecule has 0 saturated carbocycles. The minimum absolute atomic E-state index is 0.168. The second-order valence-electron chi connectivity index (χ2n) is 4.05. The van der Waals surface area contributed by atoms with Crippen LogP contribution in [0, 0.1) is 0 Å². The quantitative estimate of drug-likeness (QED) is 0.804. The summed E-state index contributed by atoms with van der Waals surface area (Å²) in [5.41, 5.74) is 0.948. The second kappa shape index (κ2) is 4.92. The Bertz CT molecular complexity index is 346. The van der Waals surface area contributed by atoms with Gasteiger partial charge >= 0.3 is 0 Å². The standard InChI is InChI=1S/C11H16N4O/c1-9(16)15-4-2-10(3-5-15)14-11-6-12-8-13-7-11/h6-8,10,14H,2-5H2,1H3. The lowest BCUT2D eigenvalue weighted by Gasteiger charge is -2.32. The lowest BCUT2D eigenvalue weighted by molar-refractivity contribution is -0.129. The van der Waals surface area contributed by atoms with Gasteiger partial charge in [-0.1, -0.05) is 0 Å². The second-order valence-corrected chi connectivity index (χ2v) is 4.05. The molecule has 1 N–H and O–H groups in total. The van der Waals surface area contributed by atoms with Crippen molar-refractivity contribution in [2.45, 2.75) is 25.8 Å². The third kappa shape index (κ3) is 2.68. The van der Waals surface area contributed by atoms with E-state index in [1.54, 1.807) is 19.3 Å². The minimum atomic E-state index is 0.168. The van der Waals surface area contributed by atoms with E-state index in [4.69, 9.17) is 0 Å². The number of aromatic nitrogens is 2. The highest BCUT2D eigenvalue weighted by Gasteiger charge is 2.20. The summed E-state index contributed by atoms with van der Waals surface area (Å²) in [6.45, 7) is 3.29. The number of hydrogen-bond acceptors (Lipinski definition) is 4. The first-order chi connectivity index (χ1) is 7.75. The maximum atomic E-state index is 11.1. The molecule has 2 heterocycles. The van der Waals surface area contributed by atoms with Crippen LogP contribution in [0.2, 0.25) is 0 Å². The number of anilines is 1. The van der Waals surface area contributed by atoms with E-state index in [-0.39, 0.29) is 5.91 Å². The van der Waals surface area contributed by atoms with Crippen molar-refractivity contribution >= 4 is 11.6 Å². The number of rotatable bonds is 2. The lowest BCUT2D eigenvalue weighted by Crippen LogP contribution is -2.41. The van der Waals surface area contributed by atoms with Crippen LogP contribution in [-0.2, 0) is 4.79 Å². The van der Waals surface area contributed by atoms with E-state index < -0.39 is 0 Å². The van der Waals surface area contributed by atoms with Crippen molar-refractivity contribution < 1.29 is 4.79 Å². The number of likely N-dealkylation sites (tertiary alicyclic amines) is 1. The Labute approximate surface area is 94.9 Å². The Hall–Kier alpha value is -1.65. The zero-order valence-electron chi connectivity index (χ0n) is 9.39. The van der Waals surface area contributed by atoms with Crippen molar-refractivity contribution in [3.8, 4) is 0 Å². The molecule has 0 aromatic carbocycles. The first-order valence-electron chi connectivity index (χ1n) is 5.53.